The predicted molar refractivity (Wildman–Crippen MR) is 64.6 cm³/mol. The Labute approximate surface area is 90.8 Å². The molecule has 1 heterocycles. The molecule has 2 aromatic rings. The number of aromatic nitrogens is 1. The van der Waals surface area contributed by atoms with Crippen LogP contribution in [-0.2, 0) is 0 Å². The van der Waals surface area contributed by atoms with Crippen molar-refractivity contribution in [3.05, 3.63) is 59.9 Å². The second-order valence-electron chi connectivity index (χ2n) is 3.33. The van der Waals surface area contributed by atoms with Gasteiger partial charge in [-0.25, -0.2) is 0 Å². The zero-order chi connectivity index (χ0) is 11.1. The summed E-state index contributed by atoms with van der Waals surface area (Å²) in [5.41, 5.74) is 8.36. The third-order valence-corrected chi connectivity index (χ3v) is 1.83. The highest BCUT2D eigenvalue weighted by Crippen LogP contribution is 1.96. The first-order chi connectivity index (χ1) is 7.18. The largest absolute Gasteiger partial charge is 0.399 e. The van der Waals surface area contributed by atoms with Crippen LogP contribution in [0.1, 0.15) is 11.4 Å². The second-order valence-corrected chi connectivity index (χ2v) is 3.33. The molecule has 2 heteroatoms. The van der Waals surface area contributed by atoms with Crippen LogP contribution < -0.4 is 5.73 Å². The first kappa shape index (κ1) is 11.2. The van der Waals surface area contributed by atoms with Gasteiger partial charge in [-0.3, -0.25) is 4.98 Å². The summed E-state index contributed by atoms with van der Waals surface area (Å²) in [4.78, 5) is 4.17. The minimum Gasteiger partial charge on any atom is -0.399 e. The van der Waals surface area contributed by atoms with E-state index in [9.17, 15) is 0 Å². The normalized spacial score (nSPS) is 8.93. The Kier molecular flexibility index (Phi) is 4.35. The van der Waals surface area contributed by atoms with Crippen LogP contribution in [0.2, 0.25) is 0 Å². The molecule has 0 amide bonds. The summed E-state index contributed by atoms with van der Waals surface area (Å²) in [5, 5.41) is 0. The summed E-state index contributed by atoms with van der Waals surface area (Å²) in [7, 11) is 0. The number of nitrogens with zero attached hydrogens (tertiary/aromatic N) is 1. The maximum absolute atomic E-state index is 5.36. The monoisotopic (exact) mass is 200 g/mol. The van der Waals surface area contributed by atoms with Crippen LogP contribution in [-0.4, -0.2) is 4.98 Å². The number of hydrogen-bond acceptors (Lipinski definition) is 2. The Morgan fingerprint density at radius 1 is 0.800 bits per heavy atom. The Hall–Kier alpha value is -1.83. The van der Waals surface area contributed by atoms with E-state index in [0.717, 1.165) is 17.1 Å². The highest BCUT2D eigenvalue weighted by Gasteiger charge is 1.82. The van der Waals surface area contributed by atoms with Gasteiger partial charge in [-0.2, -0.15) is 0 Å². The van der Waals surface area contributed by atoms with Crippen molar-refractivity contribution in [2.24, 2.45) is 0 Å². The van der Waals surface area contributed by atoms with Gasteiger partial charge in [-0.1, -0.05) is 24.3 Å². The summed E-state index contributed by atoms with van der Waals surface area (Å²) in [5.74, 6) is 0. The van der Waals surface area contributed by atoms with Crippen molar-refractivity contribution in [1.29, 1.82) is 0 Å². The first-order valence-corrected chi connectivity index (χ1v) is 4.89. The minimum absolute atomic E-state index is 0.822. The Morgan fingerprint density at radius 2 is 1.33 bits per heavy atom. The molecule has 0 saturated carbocycles. The molecule has 0 atom stereocenters. The third-order valence-electron chi connectivity index (χ3n) is 1.83. The van der Waals surface area contributed by atoms with E-state index < -0.39 is 0 Å². The molecule has 2 nitrogen and oxygen atoms in total. The number of para-hydroxylation sites is 1. The van der Waals surface area contributed by atoms with Gasteiger partial charge in [0.1, 0.15) is 0 Å². The molecule has 15 heavy (non-hydrogen) atoms. The van der Waals surface area contributed by atoms with E-state index in [-0.39, 0.29) is 0 Å². The third kappa shape index (κ3) is 4.81. The van der Waals surface area contributed by atoms with Crippen molar-refractivity contribution < 1.29 is 0 Å². The van der Waals surface area contributed by atoms with Gasteiger partial charge in [-0.15, -0.1) is 0 Å². The molecule has 1 aromatic heterocycles. The number of anilines is 1. The predicted octanol–water partition coefficient (Wildman–Crippen LogP) is 2.97. The molecule has 0 spiro atoms. The van der Waals surface area contributed by atoms with Crippen LogP contribution in [0.25, 0.3) is 0 Å². The summed E-state index contributed by atoms with van der Waals surface area (Å²) >= 11 is 0. The second kappa shape index (κ2) is 5.81. The van der Waals surface area contributed by atoms with Crippen LogP contribution in [0.4, 0.5) is 5.69 Å². The standard InChI is InChI=1S/C7H9N.C6H7N/c1-6-4-3-5-7(2)8-6;7-6-4-2-1-3-5-6/h3-5H,1-2H3;1-5H,7H2. The lowest BCUT2D eigenvalue weighted by atomic mass is 10.3. The maximum Gasteiger partial charge on any atom is 0.0375 e. The van der Waals surface area contributed by atoms with E-state index in [0.29, 0.717) is 0 Å². The molecule has 78 valence electrons. The van der Waals surface area contributed by atoms with Gasteiger partial charge in [-0.05, 0) is 38.1 Å². The smallest absolute Gasteiger partial charge is 0.0375 e. The van der Waals surface area contributed by atoms with Crippen molar-refractivity contribution in [3.8, 4) is 0 Å². The lowest BCUT2D eigenvalue weighted by molar-refractivity contribution is 1.12. The maximum atomic E-state index is 5.36. The van der Waals surface area contributed by atoms with Crippen molar-refractivity contribution in [2.45, 2.75) is 13.8 Å². The summed E-state index contributed by atoms with van der Waals surface area (Å²) in [6.45, 7) is 3.99. The average Bonchev–Trinajstić information content (AvgIpc) is 2.19. The molecule has 0 saturated heterocycles. The van der Waals surface area contributed by atoms with E-state index in [1.54, 1.807) is 0 Å². The van der Waals surface area contributed by atoms with E-state index >= 15 is 0 Å². The summed E-state index contributed by atoms with van der Waals surface area (Å²) < 4.78 is 0. The number of hydrogen-bond donors (Lipinski definition) is 1. The molecular weight excluding hydrogens is 184 g/mol. The van der Waals surface area contributed by atoms with Crippen molar-refractivity contribution in [1.82, 2.24) is 4.98 Å². The molecule has 1 aromatic carbocycles. The lowest BCUT2D eigenvalue weighted by Gasteiger charge is -1.90. The number of nitrogen functional groups attached to an aromatic ring is 1. The lowest BCUT2D eigenvalue weighted by Crippen LogP contribution is -1.81. The van der Waals surface area contributed by atoms with Crippen LogP contribution in [0, 0.1) is 13.8 Å². The molecule has 0 aliphatic rings. The van der Waals surface area contributed by atoms with Gasteiger partial charge in [0.2, 0.25) is 0 Å². The molecule has 0 bridgehead atoms. The molecule has 2 rings (SSSR count). The topological polar surface area (TPSA) is 38.9 Å². The van der Waals surface area contributed by atoms with Gasteiger partial charge in [0.15, 0.2) is 0 Å². The quantitative estimate of drug-likeness (QED) is 0.664. The van der Waals surface area contributed by atoms with E-state index in [1.807, 2.05) is 62.4 Å². The van der Waals surface area contributed by atoms with Crippen molar-refractivity contribution >= 4 is 5.69 Å². The Morgan fingerprint density at radius 3 is 1.60 bits per heavy atom. The number of benzene rings is 1. The van der Waals surface area contributed by atoms with E-state index in [2.05, 4.69) is 4.98 Å². The van der Waals surface area contributed by atoms with E-state index in [4.69, 9.17) is 5.73 Å². The van der Waals surface area contributed by atoms with Crippen molar-refractivity contribution in [2.75, 3.05) is 5.73 Å². The number of aryl methyl sites for hydroxylation is 2. The number of nitrogens with two attached hydrogens (primary N) is 1. The fraction of sp³-hybridized carbons (Fsp3) is 0.154. The fourth-order valence-electron chi connectivity index (χ4n) is 1.13. The number of rotatable bonds is 0. The molecular formula is C13H16N2. The fourth-order valence-corrected chi connectivity index (χ4v) is 1.13. The zero-order valence-electron chi connectivity index (χ0n) is 9.14. The molecule has 0 radical (unpaired) electrons. The van der Waals surface area contributed by atoms with Gasteiger partial charge >= 0.3 is 0 Å². The minimum atomic E-state index is 0.822. The highest BCUT2D eigenvalue weighted by atomic mass is 14.7. The zero-order valence-corrected chi connectivity index (χ0v) is 9.14. The Bertz CT molecular complexity index is 379. The molecule has 0 aliphatic heterocycles. The van der Waals surface area contributed by atoms with Crippen LogP contribution in [0.3, 0.4) is 0 Å². The van der Waals surface area contributed by atoms with Gasteiger partial charge in [0.05, 0.1) is 0 Å². The average molecular weight is 200 g/mol. The number of pyridine rings is 1. The first-order valence-electron chi connectivity index (χ1n) is 4.89. The van der Waals surface area contributed by atoms with Crippen LogP contribution >= 0.6 is 0 Å². The molecule has 2 N–H and O–H groups in total. The highest BCUT2D eigenvalue weighted by molar-refractivity contribution is 5.35. The van der Waals surface area contributed by atoms with Gasteiger partial charge in [0.25, 0.3) is 0 Å². The summed E-state index contributed by atoms with van der Waals surface area (Å²) in [6.07, 6.45) is 0. The molecule has 0 fully saturated rings. The summed E-state index contributed by atoms with van der Waals surface area (Å²) in [6, 6.07) is 15.5. The van der Waals surface area contributed by atoms with Crippen LogP contribution in [0.15, 0.2) is 48.5 Å². The van der Waals surface area contributed by atoms with E-state index in [1.165, 1.54) is 0 Å². The van der Waals surface area contributed by atoms with Crippen molar-refractivity contribution in [3.63, 3.8) is 0 Å². The van der Waals surface area contributed by atoms with Crippen LogP contribution in [0.5, 0.6) is 0 Å². The SMILES string of the molecule is Cc1cccc(C)n1.Nc1ccccc1. The van der Waals surface area contributed by atoms with Gasteiger partial charge in [0, 0.05) is 17.1 Å². The molecule has 0 aliphatic carbocycles. The molecule has 0 unspecified atom stereocenters. The van der Waals surface area contributed by atoms with Gasteiger partial charge < -0.3 is 5.73 Å². The Balaban J connectivity index is 0.000000151.